The molecule has 0 spiro atoms. The van der Waals surface area contributed by atoms with Crippen molar-refractivity contribution in [3.63, 3.8) is 0 Å². The smallest absolute Gasteiger partial charge is 0.159 e. The van der Waals surface area contributed by atoms with Gasteiger partial charge in [-0.2, -0.15) is 0 Å². The van der Waals surface area contributed by atoms with E-state index in [1.54, 1.807) is 0 Å². The van der Waals surface area contributed by atoms with Crippen molar-refractivity contribution in [2.45, 2.75) is 23.6 Å². The van der Waals surface area contributed by atoms with Gasteiger partial charge in [-0.1, -0.05) is 103 Å². The molecule has 66 heavy (non-hydrogen) atoms. The molecule has 0 aliphatic heterocycles. The number of fused-ring (bicyclic) bond motifs is 6. The van der Waals surface area contributed by atoms with Crippen LogP contribution in [0.25, 0.3) is 76.2 Å². The van der Waals surface area contributed by atoms with Crippen LogP contribution in [0.3, 0.4) is 0 Å². The molecule has 0 saturated heterocycles. The van der Waals surface area contributed by atoms with E-state index < -0.39 is 20.1 Å². The van der Waals surface area contributed by atoms with Gasteiger partial charge in [-0.3, -0.25) is 0 Å². The lowest BCUT2D eigenvalue weighted by atomic mass is 9.91. The standard InChI is InChI=1S/C60H52N2O2S2/c1-37-31-38(2)33-41(32-37)61(53-19-13-17-47-45-15-9-11-21-55(45)63-59(47)53)51-29-25-39-24-28-50-52(30-26-40-23-27-49(51)57(39)58(40)50)62(42-34-43(65(3,4)5)36-44(35-42)66(6,7)8)54-20-14-18-48-46-16-10-12-22-56(46)64-60(48)54/h9-36H,1-8H3. The maximum Gasteiger partial charge on any atom is 0.159 e. The molecule has 0 N–H and O–H groups in total. The fraction of sp³-hybridized carbons (Fsp3) is 0.133. The summed E-state index contributed by atoms with van der Waals surface area (Å²) in [6, 6.07) is 62.7. The summed E-state index contributed by atoms with van der Waals surface area (Å²) in [4.78, 5) is 7.70. The van der Waals surface area contributed by atoms with Gasteiger partial charge in [-0.25, -0.2) is 20.1 Å². The van der Waals surface area contributed by atoms with Crippen LogP contribution in [0.15, 0.2) is 188 Å². The molecule has 0 amide bonds. The number of rotatable bonds is 8. The van der Waals surface area contributed by atoms with Gasteiger partial charge in [-0.05, 0) is 161 Å². The van der Waals surface area contributed by atoms with E-state index in [1.165, 1.54) is 53.2 Å². The Kier molecular flexibility index (Phi) is 9.13. The van der Waals surface area contributed by atoms with E-state index in [4.69, 9.17) is 8.83 Å². The molecule has 10 aromatic carbocycles. The highest BCUT2D eigenvalue weighted by molar-refractivity contribution is 8.32. The number of aryl methyl sites for hydroxylation is 2. The number of para-hydroxylation sites is 4. The topological polar surface area (TPSA) is 32.8 Å². The highest BCUT2D eigenvalue weighted by atomic mass is 32.3. The molecule has 2 heterocycles. The molecule has 0 saturated carbocycles. The molecule has 12 aromatic rings. The monoisotopic (exact) mass is 896 g/mol. The summed E-state index contributed by atoms with van der Waals surface area (Å²) in [5.74, 6) is 0. The number of furan rings is 2. The van der Waals surface area contributed by atoms with Gasteiger partial charge in [0, 0.05) is 43.7 Å². The first-order valence-corrected chi connectivity index (χ1v) is 28.2. The predicted octanol–water partition coefficient (Wildman–Crippen LogP) is 18.0. The van der Waals surface area contributed by atoms with Crippen molar-refractivity contribution in [1.29, 1.82) is 0 Å². The summed E-state index contributed by atoms with van der Waals surface area (Å²) in [6.45, 7) is 4.37. The zero-order chi connectivity index (χ0) is 45.2. The second-order valence-corrected chi connectivity index (χ2v) is 27.7. The fourth-order valence-corrected chi connectivity index (χ4v) is 12.2. The normalized spacial score (nSPS) is 13.0. The minimum absolute atomic E-state index is 0.872. The zero-order valence-corrected chi connectivity index (χ0v) is 40.3. The van der Waals surface area contributed by atoms with E-state index in [0.29, 0.717) is 0 Å². The molecule has 0 bridgehead atoms. The van der Waals surface area contributed by atoms with Gasteiger partial charge in [0.05, 0.1) is 22.7 Å². The number of hydrogen-bond acceptors (Lipinski definition) is 4. The van der Waals surface area contributed by atoms with Crippen molar-refractivity contribution in [1.82, 2.24) is 0 Å². The van der Waals surface area contributed by atoms with Crippen molar-refractivity contribution >= 4 is 130 Å². The minimum Gasteiger partial charge on any atom is -0.454 e. The van der Waals surface area contributed by atoms with Crippen molar-refractivity contribution in [2.24, 2.45) is 0 Å². The summed E-state index contributed by atoms with van der Waals surface area (Å²) in [5.41, 5.74) is 12.4. The first-order valence-electron chi connectivity index (χ1n) is 22.5. The van der Waals surface area contributed by atoms with E-state index in [2.05, 4.69) is 225 Å². The Morgan fingerprint density at radius 2 is 0.758 bits per heavy atom. The largest absolute Gasteiger partial charge is 0.454 e. The van der Waals surface area contributed by atoms with Crippen LogP contribution in [-0.2, 0) is 0 Å². The molecule has 0 atom stereocenters. The van der Waals surface area contributed by atoms with Gasteiger partial charge >= 0.3 is 0 Å². The zero-order valence-electron chi connectivity index (χ0n) is 38.7. The Morgan fingerprint density at radius 3 is 1.21 bits per heavy atom. The van der Waals surface area contributed by atoms with Crippen LogP contribution in [0, 0.1) is 13.8 Å². The van der Waals surface area contributed by atoms with Gasteiger partial charge in [0.2, 0.25) is 0 Å². The van der Waals surface area contributed by atoms with E-state index >= 15 is 0 Å². The molecular formula is C60H52N2O2S2. The molecule has 0 aliphatic rings. The van der Waals surface area contributed by atoms with Crippen LogP contribution in [0.5, 0.6) is 0 Å². The number of hydrogen-bond donors (Lipinski definition) is 0. The van der Waals surface area contributed by atoms with Crippen LogP contribution >= 0.6 is 20.1 Å². The highest BCUT2D eigenvalue weighted by Crippen LogP contribution is 2.56. The first-order chi connectivity index (χ1) is 31.8. The maximum atomic E-state index is 6.88. The van der Waals surface area contributed by atoms with Gasteiger partial charge in [0.25, 0.3) is 0 Å². The second-order valence-electron chi connectivity index (χ2n) is 19.4. The van der Waals surface area contributed by atoms with Crippen LogP contribution in [0.1, 0.15) is 11.1 Å². The lowest BCUT2D eigenvalue weighted by Crippen LogP contribution is -2.13. The molecule has 0 unspecified atom stereocenters. The Labute approximate surface area is 389 Å². The third-order valence-corrected chi connectivity index (χ3v) is 16.7. The predicted molar refractivity (Wildman–Crippen MR) is 291 cm³/mol. The van der Waals surface area contributed by atoms with Crippen molar-refractivity contribution in [2.75, 3.05) is 47.3 Å². The Hall–Kier alpha value is -6.86. The van der Waals surface area contributed by atoms with Gasteiger partial charge in [-0.15, -0.1) is 0 Å². The minimum atomic E-state index is -1.09. The molecule has 0 radical (unpaired) electrons. The number of nitrogens with zero attached hydrogens (tertiary/aromatic N) is 2. The molecule has 12 rings (SSSR count). The molecule has 326 valence electrons. The third-order valence-electron chi connectivity index (χ3n) is 13.4. The lowest BCUT2D eigenvalue weighted by molar-refractivity contribution is 0.668. The summed E-state index contributed by atoms with van der Waals surface area (Å²) in [5, 5.41) is 11.7. The summed E-state index contributed by atoms with van der Waals surface area (Å²) in [6.07, 6.45) is 14.4. The highest BCUT2D eigenvalue weighted by Gasteiger charge is 2.27. The molecule has 4 nitrogen and oxygen atoms in total. The molecule has 2 aromatic heterocycles. The van der Waals surface area contributed by atoms with E-state index in [9.17, 15) is 0 Å². The Balaban J connectivity index is 1.16. The summed E-state index contributed by atoms with van der Waals surface area (Å²) >= 11 is 0. The molecule has 0 fully saturated rings. The molecule has 0 aliphatic carbocycles. The first kappa shape index (κ1) is 40.6. The number of benzene rings is 10. The van der Waals surface area contributed by atoms with Crippen LogP contribution in [0.4, 0.5) is 34.1 Å². The number of anilines is 6. The Bertz CT molecular complexity index is 3850. The van der Waals surface area contributed by atoms with Gasteiger partial charge in [0.1, 0.15) is 11.2 Å². The fourth-order valence-electron chi connectivity index (χ4n) is 10.3. The van der Waals surface area contributed by atoms with E-state index in [1.807, 2.05) is 6.07 Å². The van der Waals surface area contributed by atoms with Crippen LogP contribution in [-0.4, -0.2) is 37.5 Å². The summed E-state index contributed by atoms with van der Waals surface area (Å²) in [7, 11) is -2.17. The van der Waals surface area contributed by atoms with Gasteiger partial charge < -0.3 is 18.6 Å². The average molecular weight is 897 g/mol. The van der Waals surface area contributed by atoms with Crippen LogP contribution in [0.2, 0.25) is 0 Å². The average Bonchev–Trinajstić information content (AvgIpc) is 3.88. The SMILES string of the molecule is Cc1cc(C)cc(N(c2ccc3ccc4c(N(c5cc(S(C)(C)C)cc(S(C)(C)C)c5)c5cccc6c5oc5ccccc56)ccc5ccc2c3c54)c2cccc3c2oc2ccccc23)c1. The van der Waals surface area contributed by atoms with E-state index in [0.717, 1.165) is 78.0 Å². The third kappa shape index (κ3) is 6.45. The molecular weight excluding hydrogens is 845 g/mol. The quantitative estimate of drug-likeness (QED) is 0.142. The van der Waals surface area contributed by atoms with Crippen molar-refractivity contribution in [3.8, 4) is 0 Å². The summed E-state index contributed by atoms with van der Waals surface area (Å²) < 4.78 is 13.7. The van der Waals surface area contributed by atoms with Gasteiger partial charge in [0.15, 0.2) is 11.2 Å². The molecule has 6 heteroatoms. The van der Waals surface area contributed by atoms with E-state index in [-0.39, 0.29) is 0 Å². The second kappa shape index (κ2) is 14.8. The Morgan fingerprint density at radius 1 is 0.348 bits per heavy atom. The van der Waals surface area contributed by atoms with Crippen LogP contribution < -0.4 is 9.80 Å². The lowest BCUT2D eigenvalue weighted by Gasteiger charge is -2.35. The van der Waals surface area contributed by atoms with Crippen molar-refractivity contribution < 1.29 is 8.83 Å². The van der Waals surface area contributed by atoms with Crippen molar-refractivity contribution in [3.05, 3.63) is 181 Å². The maximum absolute atomic E-state index is 6.88.